The fourth-order valence-corrected chi connectivity index (χ4v) is 1.96. The molecule has 1 aromatic carbocycles. The van der Waals surface area contributed by atoms with Crippen molar-refractivity contribution >= 4 is 23.3 Å². The third-order valence-corrected chi connectivity index (χ3v) is 3.24. The Hall–Kier alpha value is -1.96. The van der Waals surface area contributed by atoms with E-state index >= 15 is 0 Å². The van der Waals surface area contributed by atoms with Gasteiger partial charge in [0.05, 0.1) is 24.2 Å². The largest absolute Gasteiger partial charge is 0.394 e. The summed E-state index contributed by atoms with van der Waals surface area (Å²) in [5.74, 6) is -0.0568. The van der Waals surface area contributed by atoms with E-state index in [1.807, 2.05) is 0 Å². The minimum atomic E-state index is -0.587. The van der Waals surface area contributed by atoms with E-state index in [1.165, 1.54) is 12.1 Å². The molecule has 1 atom stereocenters. The molecule has 2 aromatic rings. The van der Waals surface area contributed by atoms with Crippen molar-refractivity contribution in [3.63, 3.8) is 0 Å². The number of carbonyl (C=O) groups excluding carboxylic acids is 1. The zero-order valence-electron chi connectivity index (χ0n) is 11.8. The van der Waals surface area contributed by atoms with Crippen LogP contribution >= 0.6 is 11.6 Å². The number of benzene rings is 1. The average molecular weight is 328 g/mol. The maximum Gasteiger partial charge on any atom is 0.239 e. The van der Waals surface area contributed by atoms with E-state index in [0.29, 0.717) is 17.1 Å². The Morgan fingerprint density at radius 2 is 2.27 bits per heavy atom. The molecule has 0 fully saturated rings. The van der Waals surface area contributed by atoms with Gasteiger partial charge in [0.1, 0.15) is 11.6 Å². The number of hydrogen-bond acceptors (Lipinski definition) is 5. The number of aliphatic hydroxyl groups excluding tert-OH is 1. The molecule has 0 aliphatic heterocycles. The maximum atomic E-state index is 13.4. The lowest BCUT2D eigenvalue weighted by Gasteiger charge is -2.16. The topological polar surface area (TPSA) is 87.4 Å². The second kappa shape index (κ2) is 7.35. The standard InChI is InChI=1S/C14H15ClFN3O3/c1-8-4-13(19-22-8)18-14(21)6-17-12(7-20)9-2-3-10(15)11(16)5-9/h2-5,12,17,20H,6-7H2,1H3,(H,18,19,21). The molecular formula is C14H15ClFN3O3. The fourth-order valence-electron chi connectivity index (χ4n) is 1.85. The molecule has 0 aliphatic rings. The van der Waals surface area contributed by atoms with Crippen LogP contribution in [0.4, 0.5) is 10.2 Å². The number of nitrogens with zero attached hydrogens (tertiary/aromatic N) is 1. The lowest BCUT2D eigenvalue weighted by molar-refractivity contribution is -0.115. The van der Waals surface area contributed by atoms with E-state index in [9.17, 15) is 14.3 Å². The number of halogens is 2. The molecular weight excluding hydrogens is 313 g/mol. The van der Waals surface area contributed by atoms with Crippen LogP contribution in [0.1, 0.15) is 17.4 Å². The highest BCUT2D eigenvalue weighted by atomic mass is 35.5. The minimum Gasteiger partial charge on any atom is -0.394 e. The van der Waals surface area contributed by atoms with Gasteiger partial charge in [0, 0.05) is 6.07 Å². The molecule has 0 saturated carbocycles. The summed E-state index contributed by atoms with van der Waals surface area (Å²) in [6.45, 7) is 1.33. The van der Waals surface area contributed by atoms with Crippen LogP contribution in [-0.2, 0) is 4.79 Å². The summed E-state index contributed by atoms with van der Waals surface area (Å²) in [6, 6.07) is 5.19. The Labute approximate surface area is 131 Å². The second-order valence-electron chi connectivity index (χ2n) is 4.66. The molecule has 0 radical (unpaired) electrons. The van der Waals surface area contributed by atoms with Gasteiger partial charge in [-0.3, -0.25) is 10.1 Å². The van der Waals surface area contributed by atoms with Gasteiger partial charge in [0.2, 0.25) is 5.91 Å². The van der Waals surface area contributed by atoms with Crippen molar-refractivity contribution < 1.29 is 18.8 Å². The summed E-state index contributed by atoms with van der Waals surface area (Å²) in [5, 5.41) is 18.4. The molecule has 1 unspecified atom stereocenters. The first-order chi connectivity index (χ1) is 10.5. The highest BCUT2D eigenvalue weighted by Gasteiger charge is 2.14. The molecule has 6 nitrogen and oxygen atoms in total. The molecule has 0 saturated heterocycles. The van der Waals surface area contributed by atoms with Crippen LogP contribution in [-0.4, -0.2) is 29.3 Å². The van der Waals surface area contributed by atoms with Crippen molar-refractivity contribution in [3.8, 4) is 0 Å². The van der Waals surface area contributed by atoms with Crippen LogP contribution in [0.15, 0.2) is 28.8 Å². The lowest BCUT2D eigenvalue weighted by atomic mass is 10.1. The van der Waals surface area contributed by atoms with Crippen molar-refractivity contribution in [2.45, 2.75) is 13.0 Å². The molecule has 22 heavy (non-hydrogen) atoms. The molecule has 1 aromatic heterocycles. The summed E-state index contributed by atoms with van der Waals surface area (Å²) >= 11 is 5.61. The molecule has 0 bridgehead atoms. The first kappa shape index (κ1) is 16.4. The molecule has 1 heterocycles. The molecule has 2 rings (SSSR count). The van der Waals surface area contributed by atoms with E-state index in [2.05, 4.69) is 15.8 Å². The quantitative estimate of drug-likeness (QED) is 0.755. The van der Waals surface area contributed by atoms with Gasteiger partial charge in [0.25, 0.3) is 0 Å². The van der Waals surface area contributed by atoms with Crippen LogP contribution < -0.4 is 10.6 Å². The highest BCUT2D eigenvalue weighted by molar-refractivity contribution is 6.30. The van der Waals surface area contributed by atoms with E-state index < -0.39 is 11.9 Å². The van der Waals surface area contributed by atoms with Crippen LogP contribution in [0.25, 0.3) is 0 Å². The van der Waals surface area contributed by atoms with E-state index in [1.54, 1.807) is 19.1 Å². The first-order valence-electron chi connectivity index (χ1n) is 6.52. The normalized spacial score (nSPS) is 12.2. The number of aromatic nitrogens is 1. The van der Waals surface area contributed by atoms with Gasteiger partial charge < -0.3 is 14.9 Å². The number of aliphatic hydroxyl groups is 1. The molecule has 0 aliphatic carbocycles. The number of amides is 1. The van der Waals surface area contributed by atoms with Gasteiger partial charge >= 0.3 is 0 Å². The van der Waals surface area contributed by atoms with Crippen LogP contribution in [0, 0.1) is 12.7 Å². The van der Waals surface area contributed by atoms with Crippen molar-refractivity contribution in [1.82, 2.24) is 10.5 Å². The monoisotopic (exact) mass is 327 g/mol. The zero-order chi connectivity index (χ0) is 16.1. The van der Waals surface area contributed by atoms with E-state index in [0.717, 1.165) is 0 Å². The number of hydrogen-bond donors (Lipinski definition) is 3. The summed E-state index contributed by atoms with van der Waals surface area (Å²) < 4.78 is 18.3. The minimum absolute atomic E-state index is 0.000384. The van der Waals surface area contributed by atoms with Gasteiger partial charge in [-0.2, -0.15) is 0 Å². The first-order valence-corrected chi connectivity index (χ1v) is 6.89. The van der Waals surface area contributed by atoms with E-state index in [4.69, 9.17) is 16.1 Å². The van der Waals surface area contributed by atoms with Crippen LogP contribution in [0.2, 0.25) is 5.02 Å². The fraction of sp³-hybridized carbons (Fsp3) is 0.286. The van der Waals surface area contributed by atoms with Gasteiger partial charge in [0.15, 0.2) is 5.82 Å². The smallest absolute Gasteiger partial charge is 0.239 e. The third kappa shape index (κ3) is 4.27. The Kier molecular flexibility index (Phi) is 5.48. The van der Waals surface area contributed by atoms with Gasteiger partial charge in [-0.25, -0.2) is 4.39 Å². The highest BCUT2D eigenvalue weighted by Crippen LogP contribution is 2.20. The summed E-state index contributed by atoms with van der Waals surface area (Å²) in [7, 11) is 0. The Balaban J connectivity index is 1.92. The molecule has 3 N–H and O–H groups in total. The van der Waals surface area contributed by atoms with Crippen LogP contribution in [0.5, 0.6) is 0 Å². The van der Waals surface area contributed by atoms with E-state index in [-0.39, 0.29) is 24.1 Å². The number of anilines is 1. The van der Waals surface area contributed by atoms with Gasteiger partial charge in [-0.05, 0) is 24.6 Å². The number of carbonyl (C=O) groups is 1. The zero-order valence-corrected chi connectivity index (χ0v) is 12.5. The summed E-state index contributed by atoms with van der Waals surface area (Å²) in [4.78, 5) is 11.8. The predicted molar refractivity (Wildman–Crippen MR) is 79.1 cm³/mol. The van der Waals surface area contributed by atoms with Crippen LogP contribution in [0.3, 0.4) is 0 Å². The van der Waals surface area contributed by atoms with Crippen molar-refractivity contribution in [3.05, 3.63) is 46.4 Å². The Bertz CT molecular complexity index is 663. The molecule has 0 spiro atoms. The third-order valence-electron chi connectivity index (χ3n) is 2.93. The SMILES string of the molecule is Cc1cc(NC(=O)CNC(CO)c2ccc(Cl)c(F)c2)no1. The summed E-state index contributed by atoms with van der Waals surface area (Å²) in [5.41, 5.74) is 0.495. The van der Waals surface area contributed by atoms with Crippen molar-refractivity contribution in [2.24, 2.45) is 0 Å². The summed E-state index contributed by atoms with van der Waals surface area (Å²) in [6.07, 6.45) is 0. The molecule has 1 amide bonds. The number of aryl methyl sites for hydroxylation is 1. The Morgan fingerprint density at radius 3 is 2.86 bits per heavy atom. The van der Waals surface area contributed by atoms with Crippen molar-refractivity contribution in [2.75, 3.05) is 18.5 Å². The average Bonchev–Trinajstić information content (AvgIpc) is 2.88. The predicted octanol–water partition coefficient (Wildman–Crippen LogP) is 2.04. The maximum absolute atomic E-state index is 13.4. The van der Waals surface area contributed by atoms with Gasteiger partial charge in [-0.1, -0.05) is 22.8 Å². The second-order valence-corrected chi connectivity index (χ2v) is 5.07. The van der Waals surface area contributed by atoms with Gasteiger partial charge in [-0.15, -0.1) is 0 Å². The lowest BCUT2D eigenvalue weighted by Crippen LogP contribution is -2.33. The number of nitrogens with one attached hydrogen (secondary N) is 2. The number of rotatable bonds is 6. The van der Waals surface area contributed by atoms with Crippen molar-refractivity contribution in [1.29, 1.82) is 0 Å². The Morgan fingerprint density at radius 1 is 1.50 bits per heavy atom. The molecule has 118 valence electrons. The molecule has 8 heteroatoms.